The van der Waals surface area contributed by atoms with Crippen LogP contribution >= 0.6 is 0 Å². The van der Waals surface area contributed by atoms with Crippen LogP contribution in [0.5, 0.6) is 5.75 Å². The van der Waals surface area contributed by atoms with Gasteiger partial charge in [0.05, 0.1) is 16.9 Å². The number of ketones is 1. The van der Waals surface area contributed by atoms with Crippen molar-refractivity contribution in [3.63, 3.8) is 0 Å². The monoisotopic (exact) mass is 625 g/mol. The second kappa shape index (κ2) is 11.2. The SMILES string of the molecule is Cc1cnc2c(NC(=O)NC3(C)CC3)cc(C(=O)CC[C@](C)(O)c3cc4c(c(-c5ccc(F)cc5)n3)OC[C@]4(C)C(N)=O)cc2c1. The summed E-state index contributed by atoms with van der Waals surface area (Å²) < 4.78 is 19.6. The predicted octanol–water partition coefficient (Wildman–Crippen LogP) is 5.42. The Morgan fingerprint density at radius 1 is 1.11 bits per heavy atom. The van der Waals surface area contributed by atoms with Crippen molar-refractivity contribution in [1.29, 1.82) is 0 Å². The van der Waals surface area contributed by atoms with Gasteiger partial charge in [-0.3, -0.25) is 14.6 Å². The molecule has 1 saturated carbocycles. The van der Waals surface area contributed by atoms with Gasteiger partial charge in [-0.1, -0.05) is 0 Å². The van der Waals surface area contributed by atoms with Gasteiger partial charge in [-0.2, -0.15) is 0 Å². The molecule has 2 aliphatic rings. The molecule has 4 aromatic rings. The van der Waals surface area contributed by atoms with Crippen LogP contribution in [0.2, 0.25) is 0 Å². The van der Waals surface area contributed by atoms with Crippen LogP contribution < -0.4 is 21.1 Å². The molecule has 5 N–H and O–H groups in total. The molecule has 2 aromatic heterocycles. The Balaban J connectivity index is 1.30. The van der Waals surface area contributed by atoms with E-state index in [0.717, 1.165) is 18.4 Å². The number of Topliss-reactive ketones (excluding diaryl/α,β-unsaturated/α-hetero) is 1. The number of halogens is 1. The first-order chi connectivity index (χ1) is 21.7. The van der Waals surface area contributed by atoms with E-state index >= 15 is 0 Å². The minimum Gasteiger partial charge on any atom is -0.489 e. The Hall–Kier alpha value is -4.90. The van der Waals surface area contributed by atoms with Crippen molar-refractivity contribution in [1.82, 2.24) is 15.3 Å². The van der Waals surface area contributed by atoms with E-state index in [1.165, 1.54) is 24.3 Å². The second-order valence-electron chi connectivity index (χ2n) is 13.2. The molecule has 6 rings (SSSR count). The number of aryl methyl sites for hydroxylation is 1. The maximum Gasteiger partial charge on any atom is 0.319 e. The van der Waals surface area contributed by atoms with Gasteiger partial charge >= 0.3 is 6.03 Å². The van der Waals surface area contributed by atoms with Gasteiger partial charge in [-0.25, -0.2) is 14.2 Å². The third-order valence-corrected chi connectivity index (χ3v) is 9.03. The fraction of sp³-hybridized carbons (Fsp3) is 0.343. The molecular weight excluding hydrogens is 589 g/mol. The normalized spacial score (nSPS) is 19.1. The van der Waals surface area contributed by atoms with E-state index in [2.05, 4.69) is 15.6 Å². The van der Waals surface area contributed by atoms with E-state index in [4.69, 9.17) is 15.5 Å². The molecule has 0 saturated heterocycles. The van der Waals surface area contributed by atoms with Crippen LogP contribution in [0.15, 0.2) is 54.7 Å². The number of ether oxygens (including phenoxy) is 1. The van der Waals surface area contributed by atoms with Gasteiger partial charge in [0.1, 0.15) is 34.9 Å². The van der Waals surface area contributed by atoms with E-state index in [9.17, 15) is 23.9 Å². The van der Waals surface area contributed by atoms with E-state index in [1.807, 2.05) is 19.9 Å². The van der Waals surface area contributed by atoms with Crippen molar-refractivity contribution in [2.24, 2.45) is 5.73 Å². The number of nitrogens with one attached hydrogen (secondary N) is 2. The molecule has 238 valence electrons. The molecule has 0 spiro atoms. The molecule has 1 fully saturated rings. The number of carbonyl (C=O) groups excluding carboxylic acids is 3. The number of aromatic nitrogens is 2. The number of anilines is 1. The van der Waals surface area contributed by atoms with Crippen LogP contribution in [-0.4, -0.2) is 44.9 Å². The summed E-state index contributed by atoms with van der Waals surface area (Å²) in [5.41, 5.74) is 6.48. The topological polar surface area (TPSA) is 157 Å². The van der Waals surface area contributed by atoms with Gasteiger partial charge in [0.15, 0.2) is 5.78 Å². The second-order valence-corrected chi connectivity index (χ2v) is 13.2. The van der Waals surface area contributed by atoms with Crippen molar-refractivity contribution < 1.29 is 28.6 Å². The lowest BCUT2D eigenvalue weighted by Crippen LogP contribution is -2.40. The predicted molar refractivity (Wildman–Crippen MR) is 171 cm³/mol. The lowest BCUT2D eigenvalue weighted by molar-refractivity contribution is -0.123. The number of pyridine rings is 2. The van der Waals surface area contributed by atoms with Crippen molar-refractivity contribution in [3.05, 3.63) is 82.9 Å². The third-order valence-electron chi connectivity index (χ3n) is 9.03. The first-order valence-corrected chi connectivity index (χ1v) is 15.2. The molecule has 11 heteroatoms. The highest BCUT2D eigenvalue weighted by Crippen LogP contribution is 2.46. The Kier molecular flexibility index (Phi) is 7.55. The Morgan fingerprint density at radius 2 is 1.83 bits per heavy atom. The lowest BCUT2D eigenvalue weighted by atomic mass is 9.81. The number of aliphatic hydroxyl groups is 1. The van der Waals surface area contributed by atoms with Crippen LogP contribution in [-0.2, 0) is 15.8 Å². The third kappa shape index (κ3) is 5.90. The molecule has 1 aliphatic carbocycles. The summed E-state index contributed by atoms with van der Waals surface area (Å²) in [6.07, 6.45) is 3.42. The summed E-state index contributed by atoms with van der Waals surface area (Å²) in [4.78, 5) is 48.1. The highest BCUT2D eigenvalue weighted by atomic mass is 19.1. The lowest BCUT2D eigenvalue weighted by Gasteiger charge is -2.26. The van der Waals surface area contributed by atoms with Crippen molar-refractivity contribution in [2.45, 2.75) is 69.9 Å². The molecule has 46 heavy (non-hydrogen) atoms. The number of nitrogens with zero attached hydrogens (tertiary/aromatic N) is 2. The van der Waals surface area contributed by atoms with E-state index < -0.39 is 22.7 Å². The molecule has 0 bridgehead atoms. The number of primary amides is 1. The number of amides is 3. The van der Waals surface area contributed by atoms with Crippen molar-refractivity contribution in [3.8, 4) is 17.0 Å². The average molecular weight is 626 g/mol. The first kappa shape index (κ1) is 31.1. The fourth-order valence-electron chi connectivity index (χ4n) is 5.65. The molecule has 2 atom stereocenters. The Morgan fingerprint density at radius 3 is 2.50 bits per heavy atom. The molecule has 3 amide bonds. The number of carbonyl (C=O) groups is 3. The zero-order valence-electron chi connectivity index (χ0n) is 26.2. The minimum atomic E-state index is -1.61. The Bertz CT molecular complexity index is 1900. The van der Waals surface area contributed by atoms with Crippen LogP contribution in [0.3, 0.4) is 0 Å². The summed E-state index contributed by atoms with van der Waals surface area (Å²) in [5.74, 6) is -0.954. The molecule has 10 nitrogen and oxygen atoms in total. The van der Waals surface area contributed by atoms with Gasteiger partial charge in [0, 0.05) is 40.2 Å². The van der Waals surface area contributed by atoms with Gasteiger partial charge in [-0.05, 0) is 101 Å². The maximum atomic E-state index is 13.7. The number of rotatable bonds is 9. The van der Waals surface area contributed by atoms with E-state index in [0.29, 0.717) is 44.7 Å². The van der Waals surface area contributed by atoms with Crippen LogP contribution in [0.4, 0.5) is 14.9 Å². The van der Waals surface area contributed by atoms with E-state index in [-0.39, 0.29) is 42.5 Å². The minimum absolute atomic E-state index is 0.0124. The van der Waals surface area contributed by atoms with Gasteiger partial charge in [0.25, 0.3) is 0 Å². The van der Waals surface area contributed by atoms with E-state index in [1.54, 1.807) is 38.2 Å². The number of urea groups is 1. The zero-order chi connectivity index (χ0) is 33.0. The highest BCUT2D eigenvalue weighted by molar-refractivity contribution is 6.06. The number of nitrogens with two attached hydrogens (primary N) is 1. The van der Waals surface area contributed by atoms with Crippen molar-refractivity contribution >= 4 is 34.3 Å². The largest absolute Gasteiger partial charge is 0.489 e. The average Bonchev–Trinajstić information content (AvgIpc) is 3.62. The van der Waals surface area contributed by atoms with Crippen LogP contribution in [0, 0.1) is 12.7 Å². The highest BCUT2D eigenvalue weighted by Gasteiger charge is 2.45. The van der Waals surface area contributed by atoms with Crippen molar-refractivity contribution in [2.75, 3.05) is 11.9 Å². The van der Waals surface area contributed by atoms with Gasteiger partial charge in [-0.15, -0.1) is 0 Å². The Labute approximate surface area is 265 Å². The summed E-state index contributed by atoms with van der Waals surface area (Å²) >= 11 is 0. The number of benzene rings is 2. The molecule has 0 unspecified atom stereocenters. The van der Waals surface area contributed by atoms with Crippen LogP contribution in [0.1, 0.15) is 73.6 Å². The summed E-state index contributed by atoms with van der Waals surface area (Å²) in [6.45, 7) is 7.05. The summed E-state index contributed by atoms with van der Waals surface area (Å²) in [6, 6.07) is 12.1. The number of fused-ring (bicyclic) bond motifs is 2. The van der Waals surface area contributed by atoms with Crippen LogP contribution in [0.25, 0.3) is 22.2 Å². The zero-order valence-corrected chi connectivity index (χ0v) is 26.2. The first-order valence-electron chi connectivity index (χ1n) is 15.2. The molecule has 0 radical (unpaired) electrons. The number of hydrogen-bond acceptors (Lipinski definition) is 7. The maximum absolute atomic E-state index is 13.7. The van der Waals surface area contributed by atoms with Gasteiger partial charge in [0.2, 0.25) is 5.91 Å². The standard InChI is InChI=1S/C35H36FN5O5/c1-19-13-22-14-21(15-25(28(22)38-17-19)39-32(44)41-33(2)11-12-33)26(42)9-10-35(4,45)27-16-24-30(46-18-34(24,3)31(37)43)29(40-27)20-5-7-23(36)8-6-20/h5-8,13-17,45H,9-12,18H2,1-4H3,(H2,37,43)(H2,39,41,44)/t34-,35-/m0/s1. The number of hydrogen-bond donors (Lipinski definition) is 4. The van der Waals surface area contributed by atoms with Gasteiger partial charge < -0.3 is 26.2 Å². The fourth-order valence-corrected chi connectivity index (χ4v) is 5.65. The summed E-state index contributed by atoms with van der Waals surface area (Å²) in [5, 5.41) is 18.2. The molecule has 1 aliphatic heterocycles. The molecule has 2 aromatic carbocycles. The molecular formula is C35H36FN5O5. The quantitative estimate of drug-likeness (QED) is 0.181. The smallest absolute Gasteiger partial charge is 0.319 e. The summed E-state index contributed by atoms with van der Waals surface area (Å²) in [7, 11) is 0. The molecule has 3 heterocycles.